The molecule has 9 nitrogen and oxygen atoms in total. The Morgan fingerprint density at radius 2 is 2.23 bits per heavy atom. The highest BCUT2D eigenvalue weighted by Gasteiger charge is 2.34. The van der Waals surface area contributed by atoms with E-state index < -0.39 is 15.9 Å². The van der Waals surface area contributed by atoms with E-state index in [0.717, 1.165) is 6.26 Å². The first-order valence-corrected chi connectivity index (χ1v) is 8.49. The molecule has 0 radical (unpaired) electrons. The Labute approximate surface area is 126 Å². The molecule has 0 aromatic carbocycles. The van der Waals surface area contributed by atoms with Gasteiger partial charge in [-0.05, 0) is 6.07 Å². The van der Waals surface area contributed by atoms with Crippen molar-refractivity contribution in [1.29, 1.82) is 0 Å². The second kappa shape index (κ2) is 5.54. The van der Waals surface area contributed by atoms with Gasteiger partial charge in [-0.25, -0.2) is 8.42 Å². The highest BCUT2D eigenvalue weighted by molar-refractivity contribution is 7.90. The quantitative estimate of drug-likeness (QED) is 0.802. The minimum absolute atomic E-state index is 0.0745. The molecule has 2 N–H and O–H groups in total. The molecule has 1 aliphatic rings. The SMILES string of the molecule is CS(=O)(=O)c1cn[nH]c1[C@H]1COCCN1C(=O)c1ccn[nH]1. The number of ether oxygens (including phenoxy) is 1. The lowest BCUT2D eigenvalue weighted by atomic mass is 10.1. The third kappa shape index (κ3) is 2.62. The van der Waals surface area contributed by atoms with E-state index in [-0.39, 0.29) is 17.4 Å². The molecule has 22 heavy (non-hydrogen) atoms. The predicted molar refractivity (Wildman–Crippen MR) is 74.9 cm³/mol. The van der Waals surface area contributed by atoms with E-state index in [2.05, 4.69) is 20.4 Å². The molecule has 118 valence electrons. The molecule has 0 bridgehead atoms. The Bertz CT molecular complexity index is 767. The summed E-state index contributed by atoms with van der Waals surface area (Å²) in [6, 6.07) is 1.02. The molecule has 1 atom stereocenters. The van der Waals surface area contributed by atoms with Gasteiger partial charge in [0, 0.05) is 19.0 Å². The average molecular weight is 325 g/mol. The Hall–Kier alpha value is -2.20. The van der Waals surface area contributed by atoms with E-state index >= 15 is 0 Å². The highest BCUT2D eigenvalue weighted by atomic mass is 32.2. The van der Waals surface area contributed by atoms with Crippen LogP contribution in [0.5, 0.6) is 0 Å². The van der Waals surface area contributed by atoms with Crippen LogP contribution in [0, 0.1) is 0 Å². The number of carbonyl (C=O) groups is 1. The van der Waals surface area contributed by atoms with Crippen LogP contribution in [0.2, 0.25) is 0 Å². The number of H-pyrrole nitrogens is 2. The van der Waals surface area contributed by atoms with Crippen LogP contribution >= 0.6 is 0 Å². The highest BCUT2D eigenvalue weighted by Crippen LogP contribution is 2.28. The third-order valence-corrected chi connectivity index (χ3v) is 4.61. The molecule has 0 spiro atoms. The van der Waals surface area contributed by atoms with Gasteiger partial charge in [-0.1, -0.05) is 0 Å². The van der Waals surface area contributed by atoms with Gasteiger partial charge in [0.1, 0.15) is 10.6 Å². The summed E-state index contributed by atoms with van der Waals surface area (Å²) in [5.41, 5.74) is 0.697. The lowest BCUT2D eigenvalue weighted by Gasteiger charge is -2.35. The summed E-state index contributed by atoms with van der Waals surface area (Å²) in [6.07, 6.45) is 3.84. The average Bonchev–Trinajstić information content (AvgIpc) is 3.17. The van der Waals surface area contributed by atoms with Gasteiger partial charge >= 0.3 is 0 Å². The van der Waals surface area contributed by atoms with E-state index in [1.165, 1.54) is 12.4 Å². The second-order valence-corrected chi connectivity index (χ2v) is 6.96. The van der Waals surface area contributed by atoms with Crippen molar-refractivity contribution in [1.82, 2.24) is 25.3 Å². The largest absolute Gasteiger partial charge is 0.377 e. The lowest BCUT2D eigenvalue weighted by Crippen LogP contribution is -2.44. The summed E-state index contributed by atoms with van der Waals surface area (Å²) >= 11 is 0. The van der Waals surface area contributed by atoms with E-state index in [9.17, 15) is 13.2 Å². The molecule has 0 unspecified atom stereocenters. The molecular weight excluding hydrogens is 310 g/mol. The van der Waals surface area contributed by atoms with Crippen LogP contribution in [0.15, 0.2) is 23.4 Å². The van der Waals surface area contributed by atoms with E-state index in [1.807, 2.05) is 0 Å². The van der Waals surface area contributed by atoms with Crippen LogP contribution in [0.4, 0.5) is 0 Å². The van der Waals surface area contributed by atoms with Crippen molar-refractivity contribution in [3.05, 3.63) is 29.8 Å². The van der Waals surface area contributed by atoms with E-state index in [0.29, 0.717) is 24.5 Å². The van der Waals surface area contributed by atoms with Crippen molar-refractivity contribution in [2.75, 3.05) is 26.0 Å². The minimum atomic E-state index is -3.45. The van der Waals surface area contributed by atoms with E-state index in [1.54, 1.807) is 11.0 Å². The molecule has 1 fully saturated rings. The maximum absolute atomic E-state index is 12.5. The Kier molecular flexibility index (Phi) is 3.71. The topological polar surface area (TPSA) is 121 Å². The van der Waals surface area contributed by atoms with E-state index in [4.69, 9.17) is 4.74 Å². The van der Waals surface area contributed by atoms with Gasteiger partial charge in [-0.15, -0.1) is 0 Å². The summed E-state index contributed by atoms with van der Waals surface area (Å²) in [4.78, 5) is 14.2. The van der Waals surface area contributed by atoms with Gasteiger partial charge in [0.05, 0.1) is 31.1 Å². The number of nitrogens with one attached hydrogen (secondary N) is 2. The summed E-state index contributed by atoms with van der Waals surface area (Å²) in [7, 11) is -3.45. The number of amides is 1. The van der Waals surface area contributed by atoms with Crippen LogP contribution in [0.3, 0.4) is 0 Å². The molecule has 1 amide bonds. The fourth-order valence-corrected chi connectivity index (χ4v) is 3.26. The maximum atomic E-state index is 12.5. The fourth-order valence-electron chi connectivity index (χ4n) is 2.43. The Balaban J connectivity index is 1.97. The van der Waals surface area contributed by atoms with Gasteiger partial charge in [-0.2, -0.15) is 10.2 Å². The first kappa shape index (κ1) is 14.7. The number of sulfone groups is 1. The van der Waals surface area contributed by atoms with Crippen molar-refractivity contribution in [3.8, 4) is 0 Å². The van der Waals surface area contributed by atoms with Crippen molar-refractivity contribution in [2.24, 2.45) is 0 Å². The molecular formula is C12H15N5O4S. The predicted octanol–water partition coefficient (Wildman–Crippen LogP) is -0.250. The third-order valence-electron chi connectivity index (χ3n) is 3.49. The zero-order valence-corrected chi connectivity index (χ0v) is 12.6. The molecule has 10 heteroatoms. The van der Waals surface area contributed by atoms with Gasteiger partial charge in [0.25, 0.3) is 5.91 Å². The number of carbonyl (C=O) groups excluding carboxylic acids is 1. The fraction of sp³-hybridized carbons (Fsp3) is 0.417. The Morgan fingerprint density at radius 1 is 1.41 bits per heavy atom. The number of hydrogen-bond acceptors (Lipinski definition) is 6. The van der Waals surface area contributed by atoms with Crippen molar-refractivity contribution < 1.29 is 17.9 Å². The van der Waals surface area contributed by atoms with Crippen LogP contribution in [0.1, 0.15) is 22.2 Å². The lowest BCUT2D eigenvalue weighted by molar-refractivity contribution is -0.00499. The van der Waals surface area contributed by atoms with Crippen LogP contribution in [-0.4, -0.2) is 65.6 Å². The minimum Gasteiger partial charge on any atom is -0.377 e. The Morgan fingerprint density at radius 3 is 2.91 bits per heavy atom. The zero-order chi connectivity index (χ0) is 15.7. The first-order chi connectivity index (χ1) is 10.5. The maximum Gasteiger partial charge on any atom is 0.272 e. The molecule has 1 aliphatic heterocycles. The van der Waals surface area contributed by atoms with Gasteiger partial charge < -0.3 is 9.64 Å². The van der Waals surface area contributed by atoms with Crippen LogP contribution in [0.25, 0.3) is 0 Å². The summed E-state index contributed by atoms with van der Waals surface area (Å²) < 4.78 is 29.1. The molecule has 3 rings (SSSR count). The molecule has 2 aromatic heterocycles. The number of hydrogen-bond donors (Lipinski definition) is 2. The number of aromatic nitrogens is 4. The van der Waals surface area contributed by atoms with Crippen LogP contribution < -0.4 is 0 Å². The van der Waals surface area contributed by atoms with Crippen LogP contribution in [-0.2, 0) is 14.6 Å². The molecule has 0 aliphatic carbocycles. The molecule has 3 heterocycles. The summed E-state index contributed by atoms with van der Waals surface area (Å²) in [5.74, 6) is -0.264. The van der Waals surface area contributed by atoms with Gasteiger partial charge in [0.2, 0.25) is 0 Å². The number of rotatable bonds is 3. The number of aromatic amines is 2. The first-order valence-electron chi connectivity index (χ1n) is 6.60. The molecule has 1 saturated heterocycles. The van der Waals surface area contributed by atoms with Crippen molar-refractivity contribution >= 4 is 15.7 Å². The normalized spacial score (nSPS) is 19.3. The summed E-state index contributed by atoms with van der Waals surface area (Å²) in [6.45, 7) is 0.939. The summed E-state index contributed by atoms with van der Waals surface area (Å²) in [5, 5.41) is 12.9. The van der Waals surface area contributed by atoms with Gasteiger partial charge in [0.15, 0.2) is 9.84 Å². The standard InChI is InChI=1S/C12H15N5O4S/c1-22(19,20)10-6-14-16-11(10)9-7-21-5-4-17(9)12(18)8-2-3-13-15-8/h2-3,6,9H,4-5,7H2,1H3,(H,13,15)(H,14,16)/t9-/m1/s1. The molecule has 2 aromatic rings. The zero-order valence-electron chi connectivity index (χ0n) is 11.8. The molecule has 0 saturated carbocycles. The number of nitrogens with zero attached hydrogens (tertiary/aromatic N) is 3. The van der Waals surface area contributed by atoms with Crippen molar-refractivity contribution in [2.45, 2.75) is 10.9 Å². The smallest absolute Gasteiger partial charge is 0.272 e. The van der Waals surface area contributed by atoms with Crippen molar-refractivity contribution in [3.63, 3.8) is 0 Å². The second-order valence-electron chi connectivity index (χ2n) is 4.98. The number of morpholine rings is 1. The monoisotopic (exact) mass is 325 g/mol. The van der Waals surface area contributed by atoms with Gasteiger partial charge in [-0.3, -0.25) is 15.0 Å².